The Balaban J connectivity index is 1.63. The van der Waals surface area contributed by atoms with Crippen LogP contribution in [0.4, 0.5) is 5.69 Å². The van der Waals surface area contributed by atoms with Gasteiger partial charge in [-0.15, -0.1) is 0 Å². The van der Waals surface area contributed by atoms with Crippen LogP contribution in [0.25, 0.3) is 0 Å². The maximum atomic E-state index is 12.3. The highest BCUT2D eigenvalue weighted by molar-refractivity contribution is 7.89. The fourth-order valence-electron chi connectivity index (χ4n) is 3.07. The van der Waals surface area contributed by atoms with E-state index in [9.17, 15) is 18.0 Å². The fourth-order valence-corrected chi connectivity index (χ4v) is 4.42. The first-order valence-corrected chi connectivity index (χ1v) is 11.5. The fraction of sp³-hybridized carbons (Fsp3) is 0.364. The first-order chi connectivity index (χ1) is 14.3. The lowest BCUT2D eigenvalue weighted by atomic mass is 10.0. The van der Waals surface area contributed by atoms with Crippen molar-refractivity contribution in [3.63, 3.8) is 0 Å². The molecule has 1 amide bonds. The SMILES string of the molecule is CCc1cccc(CC)c1NC(=O)COC(=O)c1cccc(S(=O)(=O)NC2CC2)c1. The lowest BCUT2D eigenvalue weighted by Gasteiger charge is -2.14. The van der Waals surface area contributed by atoms with Crippen molar-refractivity contribution in [3.8, 4) is 0 Å². The third-order valence-corrected chi connectivity index (χ3v) is 6.40. The Morgan fingerprint density at radius 3 is 2.27 bits per heavy atom. The van der Waals surface area contributed by atoms with Crippen LogP contribution in [0, 0.1) is 0 Å². The number of amides is 1. The number of carbonyl (C=O) groups excluding carboxylic acids is 2. The minimum absolute atomic E-state index is 0.00207. The third kappa shape index (κ3) is 5.46. The monoisotopic (exact) mass is 430 g/mol. The number of anilines is 1. The van der Waals surface area contributed by atoms with Crippen LogP contribution in [0.15, 0.2) is 47.4 Å². The van der Waals surface area contributed by atoms with Crippen LogP contribution in [0.3, 0.4) is 0 Å². The lowest BCUT2D eigenvalue weighted by Crippen LogP contribution is -2.26. The van der Waals surface area contributed by atoms with Crippen molar-refractivity contribution in [2.24, 2.45) is 0 Å². The number of hydrogen-bond acceptors (Lipinski definition) is 5. The van der Waals surface area contributed by atoms with Gasteiger partial charge in [0.25, 0.3) is 5.91 Å². The summed E-state index contributed by atoms with van der Waals surface area (Å²) in [4.78, 5) is 24.7. The molecule has 0 atom stereocenters. The van der Waals surface area contributed by atoms with E-state index in [1.165, 1.54) is 24.3 Å². The summed E-state index contributed by atoms with van der Waals surface area (Å²) in [7, 11) is -3.68. The second kappa shape index (κ2) is 9.40. The number of carbonyl (C=O) groups is 2. The second-order valence-corrected chi connectivity index (χ2v) is 8.92. The summed E-state index contributed by atoms with van der Waals surface area (Å²) in [6, 6.07) is 11.4. The molecule has 1 saturated carbocycles. The number of hydrogen-bond donors (Lipinski definition) is 2. The number of ether oxygens (including phenoxy) is 1. The van der Waals surface area contributed by atoms with Gasteiger partial charge in [-0.05, 0) is 55.0 Å². The molecule has 2 aromatic carbocycles. The van der Waals surface area contributed by atoms with Gasteiger partial charge in [-0.3, -0.25) is 4.79 Å². The zero-order chi connectivity index (χ0) is 21.7. The summed E-state index contributed by atoms with van der Waals surface area (Å²) in [5.74, 6) is -1.20. The largest absolute Gasteiger partial charge is 0.452 e. The van der Waals surface area contributed by atoms with Crippen LogP contribution in [0.1, 0.15) is 48.2 Å². The predicted molar refractivity (Wildman–Crippen MR) is 114 cm³/mol. The van der Waals surface area contributed by atoms with Crippen molar-refractivity contribution in [2.75, 3.05) is 11.9 Å². The van der Waals surface area contributed by atoms with E-state index in [1.807, 2.05) is 32.0 Å². The first-order valence-electron chi connectivity index (χ1n) is 10.0. The van der Waals surface area contributed by atoms with Gasteiger partial charge in [-0.1, -0.05) is 38.1 Å². The average Bonchev–Trinajstić information content (AvgIpc) is 3.55. The summed E-state index contributed by atoms with van der Waals surface area (Å²) >= 11 is 0. The molecular weight excluding hydrogens is 404 g/mol. The molecule has 1 fully saturated rings. The molecule has 0 spiro atoms. The Labute approximate surface area is 176 Å². The number of esters is 1. The average molecular weight is 431 g/mol. The summed E-state index contributed by atoms with van der Waals surface area (Å²) < 4.78 is 32.3. The quantitative estimate of drug-likeness (QED) is 0.596. The zero-order valence-electron chi connectivity index (χ0n) is 17.1. The van der Waals surface area contributed by atoms with E-state index in [1.54, 1.807) is 0 Å². The second-order valence-electron chi connectivity index (χ2n) is 7.21. The molecule has 0 unspecified atom stereocenters. The molecule has 0 bridgehead atoms. The van der Waals surface area contributed by atoms with Crippen LogP contribution in [-0.4, -0.2) is 32.9 Å². The van der Waals surface area contributed by atoms with Crippen molar-refractivity contribution in [3.05, 3.63) is 59.2 Å². The molecule has 8 heteroatoms. The van der Waals surface area contributed by atoms with E-state index in [0.717, 1.165) is 42.5 Å². The number of aryl methyl sites for hydroxylation is 2. The number of benzene rings is 2. The van der Waals surface area contributed by atoms with Crippen molar-refractivity contribution in [1.29, 1.82) is 0 Å². The van der Waals surface area contributed by atoms with Crippen molar-refractivity contribution in [1.82, 2.24) is 4.72 Å². The molecule has 1 aliphatic carbocycles. The van der Waals surface area contributed by atoms with Gasteiger partial charge >= 0.3 is 5.97 Å². The van der Waals surface area contributed by atoms with Gasteiger partial charge in [0.15, 0.2) is 6.61 Å². The number of rotatable bonds is 9. The highest BCUT2D eigenvalue weighted by Crippen LogP contribution is 2.23. The van der Waals surface area contributed by atoms with E-state index in [-0.39, 0.29) is 16.5 Å². The molecule has 2 aromatic rings. The summed E-state index contributed by atoms with van der Waals surface area (Å²) in [6.45, 7) is 3.55. The van der Waals surface area contributed by atoms with E-state index >= 15 is 0 Å². The molecule has 0 radical (unpaired) electrons. The molecule has 160 valence electrons. The van der Waals surface area contributed by atoms with Gasteiger partial charge in [-0.25, -0.2) is 17.9 Å². The molecule has 1 aliphatic rings. The van der Waals surface area contributed by atoms with Gasteiger partial charge in [0, 0.05) is 11.7 Å². The maximum Gasteiger partial charge on any atom is 0.338 e. The van der Waals surface area contributed by atoms with E-state index < -0.39 is 28.5 Å². The van der Waals surface area contributed by atoms with Crippen LogP contribution in [-0.2, 0) is 32.4 Å². The Kier molecular flexibility index (Phi) is 6.89. The van der Waals surface area contributed by atoms with Crippen molar-refractivity contribution in [2.45, 2.75) is 50.5 Å². The maximum absolute atomic E-state index is 12.3. The van der Waals surface area contributed by atoms with Crippen molar-refractivity contribution < 1.29 is 22.7 Å². The van der Waals surface area contributed by atoms with Gasteiger partial charge in [0.1, 0.15) is 0 Å². The Hall–Kier alpha value is -2.71. The Bertz CT molecular complexity index is 1020. The minimum atomic E-state index is -3.68. The van der Waals surface area contributed by atoms with E-state index in [2.05, 4.69) is 10.0 Å². The molecule has 0 aliphatic heterocycles. The predicted octanol–water partition coefficient (Wildman–Crippen LogP) is 3.05. The summed E-state index contributed by atoms with van der Waals surface area (Å²) in [5.41, 5.74) is 2.85. The molecule has 0 heterocycles. The lowest BCUT2D eigenvalue weighted by molar-refractivity contribution is -0.119. The topological polar surface area (TPSA) is 102 Å². The van der Waals surface area contributed by atoms with E-state index in [4.69, 9.17) is 4.74 Å². The first kappa shape index (κ1) is 22.0. The summed E-state index contributed by atoms with van der Waals surface area (Å²) in [5, 5.41) is 2.83. The highest BCUT2D eigenvalue weighted by atomic mass is 32.2. The van der Waals surface area contributed by atoms with Crippen LogP contribution in [0.5, 0.6) is 0 Å². The molecule has 3 rings (SSSR count). The van der Waals surface area contributed by atoms with Gasteiger partial charge in [0.05, 0.1) is 10.5 Å². The molecule has 30 heavy (non-hydrogen) atoms. The smallest absolute Gasteiger partial charge is 0.338 e. The van der Waals surface area contributed by atoms with Crippen LogP contribution < -0.4 is 10.0 Å². The highest BCUT2D eigenvalue weighted by Gasteiger charge is 2.28. The van der Waals surface area contributed by atoms with Gasteiger partial charge in [0.2, 0.25) is 10.0 Å². The minimum Gasteiger partial charge on any atom is -0.452 e. The third-order valence-electron chi connectivity index (χ3n) is 4.88. The molecular formula is C22H26N2O5S. The Morgan fingerprint density at radius 1 is 1.03 bits per heavy atom. The summed E-state index contributed by atoms with van der Waals surface area (Å²) in [6.07, 6.45) is 3.16. The normalized spacial score (nSPS) is 13.7. The molecule has 2 N–H and O–H groups in total. The van der Waals surface area contributed by atoms with Crippen LogP contribution in [0.2, 0.25) is 0 Å². The van der Waals surface area contributed by atoms with Crippen molar-refractivity contribution >= 4 is 27.6 Å². The number of sulfonamides is 1. The number of para-hydroxylation sites is 1. The molecule has 7 nitrogen and oxygen atoms in total. The van der Waals surface area contributed by atoms with Gasteiger partial charge in [-0.2, -0.15) is 0 Å². The van der Waals surface area contributed by atoms with E-state index in [0.29, 0.717) is 0 Å². The molecule has 0 saturated heterocycles. The number of nitrogens with one attached hydrogen (secondary N) is 2. The van der Waals surface area contributed by atoms with Crippen LogP contribution >= 0.6 is 0 Å². The Morgan fingerprint density at radius 2 is 1.67 bits per heavy atom. The van der Waals surface area contributed by atoms with Gasteiger partial charge < -0.3 is 10.1 Å². The molecule has 0 aromatic heterocycles. The standard InChI is InChI=1S/C22H26N2O5S/c1-3-15-7-5-8-16(4-2)21(15)23-20(25)14-29-22(26)17-9-6-10-19(13-17)30(27,28)24-18-11-12-18/h5-10,13,18,24H,3-4,11-12,14H2,1-2H3,(H,23,25). The zero-order valence-corrected chi connectivity index (χ0v) is 17.9.